The Bertz CT molecular complexity index is 328. The molecule has 1 aromatic heterocycles. The number of nitrogens with zero attached hydrogens (tertiary/aromatic N) is 1. The molecule has 0 aliphatic carbocycles. The van der Waals surface area contributed by atoms with E-state index in [0.717, 1.165) is 12.3 Å². The Hall–Kier alpha value is -0.600. The van der Waals surface area contributed by atoms with Crippen LogP contribution in [0.2, 0.25) is 0 Å². The van der Waals surface area contributed by atoms with Crippen LogP contribution < -0.4 is 4.74 Å². The summed E-state index contributed by atoms with van der Waals surface area (Å²) in [5.41, 5.74) is -1.02. The SMILES string of the molecule is FCOc1c(C(F)(F)F)ccnc1I. The van der Waals surface area contributed by atoms with Crippen molar-refractivity contribution in [1.82, 2.24) is 4.98 Å². The molecule has 0 aliphatic heterocycles. The lowest BCUT2D eigenvalue weighted by atomic mass is 10.2. The van der Waals surface area contributed by atoms with E-state index in [1.807, 2.05) is 0 Å². The molecular weight excluding hydrogens is 317 g/mol. The van der Waals surface area contributed by atoms with Crippen molar-refractivity contribution in [2.24, 2.45) is 0 Å². The van der Waals surface area contributed by atoms with E-state index >= 15 is 0 Å². The number of hydrogen-bond donors (Lipinski definition) is 0. The second-order valence-electron chi connectivity index (χ2n) is 2.23. The van der Waals surface area contributed by atoms with Gasteiger partial charge in [-0.3, -0.25) is 0 Å². The molecule has 0 radical (unpaired) electrons. The average molecular weight is 321 g/mol. The van der Waals surface area contributed by atoms with Gasteiger partial charge in [0.15, 0.2) is 5.75 Å². The molecule has 0 spiro atoms. The van der Waals surface area contributed by atoms with Gasteiger partial charge >= 0.3 is 6.18 Å². The van der Waals surface area contributed by atoms with Gasteiger partial charge in [0.1, 0.15) is 9.26 Å². The summed E-state index contributed by atoms with van der Waals surface area (Å²) in [7, 11) is 0. The van der Waals surface area contributed by atoms with E-state index in [2.05, 4.69) is 9.72 Å². The highest BCUT2D eigenvalue weighted by molar-refractivity contribution is 14.1. The van der Waals surface area contributed by atoms with Crippen molar-refractivity contribution >= 4 is 22.6 Å². The Morgan fingerprint density at radius 3 is 2.57 bits per heavy atom. The van der Waals surface area contributed by atoms with Gasteiger partial charge < -0.3 is 4.74 Å². The third-order valence-electron chi connectivity index (χ3n) is 1.37. The first-order valence-corrected chi connectivity index (χ1v) is 4.45. The summed E-state index contributed by atoms with van der Waals surface area (Å²) in [6.45, 7) is -1.31. The van der Waals surface area contributed by atoms with Crippen LogP contribution in [-0.4, -0.2) is 11.8 Å². The highest BCUT2D eigenvalue weighted by Gasteiger charge is 2.35. The molecule has 0 aliphatic rings. The topological polar surface area (TPSA) is 22.1 Å². The third-order valence-corrected chi connectivity index (χ3v) is 2.13. The van der Waals surface area contributed by atoms with Gasteiger partial charge in [-0.2, -0.15) is 13.2 Å². The molecule has 0 bridgehead atoms. The van der Waals surface area contributed by atoms with E-state index in [-0.39, 0.29) is 3.70 Å². The fourth-order valence-corrected chi connectivity index (χ4v) is 1.44. The highest BCUT2D eigenvalue weighted by Crippen LogP contribution is 2.37. The van der Waals surface area contributed by atoms with Crippen LogP contribution in [0.15, 0.2) is 12.3 Å². The normalized spacial score (nSPS) is 11.5. The second kappa shape index (κ2) is 4.28. The zero-order valence-corrected chi connectivity index (χ0v) is 8.76. The maximum atomic E-state index is 12.3. The first-order chi connectivity index (χ1) is 6.46. The fraction of sp³-hybridized carbons (Fsp3) is 0.286. The molecule has 0 saturated carbocycles. The zero-order chi connectivity index (χ0) is 10.8. The number of rotatable bonds is 2. The van der Waals surface area contributed by atoms with Gasteiger partial charge in [0.05, 0.1) is 0 Å². The summed E-state index contributed by atoms with van der Waals surface area (Å²) in [6.07, 6.45) is -3.57. The number of halogens is 5. The predicted molar refractivity (Wildman–Crippen MR) is 48.6 cm³/mol. The van der Waals surface area contributed by atoms with Crippen molar-refractivity contribution in [1.29, 1.82) is 0 Å². The van der Waals surface area contributed by atoms with Gasteiger partial charge in [-0.25, -0.2) is 9.37 Å². The van der Waals surface area contributed by atoms with Crippen molar-refractivity contribution in [2.45, 2.75) is 6.18 Å². The molecule has 0 unspecified atom stereocenters. The molecular formula is C7H4F4INO. The number of pyridine rings is 1. The van der Waals surface area contributed by atoms with Crippen LogP contribution in [0.25, 0.3) is 0 Å². The van der Waals surface area contributed by atoms with Crippen LogP contribution in [0, 0.1) is 3.70 Å². The molecule has 1 aromatic rings. The van der Waals surface area contributed by atoms with Gasteiger partial charge in [0.2, 0.25) is 6.86 Å². The third kappa shape index (κ3) is 2.46. The Morgan fingerprint density at radius 2 is 2.07 bits per heavy atom. The summed E-state index contributed by atoms with van der Waals surface area (Å²) < 4.78 is 53.0. The number of alkyl halides is 4. The smallest absolute Gasteiger partial charge is 0.420 e. The predicted octanol–water partition coefficient (Wildman–Crippen LogP) is 3.01. The summed E-state index contributed by atoms with van der Waals surface area (Å²) in [4.78, 5) is 3.57. The Labute approximate surface area is 90.4 Å². The molecule has 0 fully saturated rings. The van der Waals surface area contributed by atoms with Crippen molar-refractivity contribution in [3.05, 3.63) is 21.5 Å². The molecule has 0 amide bonds. The Balaban J connectivity index is 3.21. The minimum absolute atomic E-state index is 0.0184. The van der Waals surface area contributed by atoms with Gasteiger partial charge in [-0.15, -0.1) is 0 Å². The molecule has 14 heavy (non-hydrogen) atoms. The Morgan fingerprint density at radius 1 is 1.43 bits per heavy atom. The zero-order valence-electron chi connectivity index (χ0n) is 6.61. The lowest BCUT2D eigenvalue weighted by Gasteiger charge is -2.12. The molecule has 0 saturated heterocycles. The fourth-order valence-electron chi connectivity index (χ4n) is 0.838. The largest absolute Gasteiger partial charge is 0.460 e. The molecule has 7 heteroatoms. The van der Waals surface area contributed by atoms with E-state index < -0.39 is 24.3 Å². The lowest BCUT2D eigenvalue weighted by Crippen LogP contribution is -2.10. The van der Waals surface area contributed by atoms with E-state index in [0.29, 0.717) is 0 Å². The average Bonchev–Trinajstić information content (AvgIpc) is 2.07. The van der Waals surface area contributed by atoms with E-state index in [1.54, 1.807) is 22.6 Å². The van der Waals surface area contributed by atoms with Crippen LogP contribution in [0.5, 0.6) is 5.75 Å². The molecule has 1 rings (SSSR count). The van der Waals surface area contributed by atoms with E-state index in [4.69, 9.17) is 0 Å². The highest BCUT2D eigenvalue weighted by atomic mass is 127. The second-order valence-corrected chi connectivity index (χ2v) is 3.25. The summed E-state index contributed by atoms with van der Waals surface area (Å²) >= 11 is 1.55. The maximum absolute atomic E-state index is 12.3. The quantitative estimate of drug-likeness (QED) is 0.475. The molecule has 0 aromatic carbocycles. The van der Waals surface area contributed by atoms with Gasteiger partial charge in [-0.1, -0.05) is 0 Å². The monoisotopic (exact) mass is 321 g/mol. The van der Waals surface area contributed by atoms with Crippen LogP contribution in [0.3, 0.4) is 0 Å². The van der Waals surface area contributed by atoms with Gasteiger partial charge in [0.25, 0.3) is 0 Å². The number of ether oxygens (including phenoxy) is 1. The summed E-state index contributed by atoms with van der Waals surface area (Å²) in [6, 6.07) is 0.743. The summed E-state index contributed by atoms with van der Waals surface area (Å²) in [5.74, 6) is -0.567. The van der Waals surface area contributed by atoms with Crippen molar-refractivity contribution in [2.75, 3.05) is 6.86 Å². The minimum Gasteiger partial charge on any atom is -0.460 e. The molecule has 2 nitrogen and oxygen atoms in total. The van der Waals surface area contributed by atoms with E-state index in [9.17, 15) is 17.6 Å². The standard InChI is InChI=1S/C7H4F4INO/c8-3-14-5-4(7(9,10)11)1-2-13-6(5)12/h1-2H,3H2. The number of aromatic nitrogens is 1. The molecule has 78 valence electrons. The lowest BCUT2D eigenvalue weighted by molar-refractivity contribution is -0.139. The minimum atomic E-state index is -4.56. The Kier molecular flexibility index (Phi) is 3.51. The maximum Gasteiger partial charge on any atom is 0.420 e. The van der Waals surface area contributed by atoms with Crippen LogP contribution in [0.1, 0.15) is 5.56 Å². The summed E-state index contributed by atoms with van der Waals surface area (Å²) in [5, 5.41) is 0. The molecule has 0 N–H and O–H groups in total. The van der Waals surface area contributed by atoms with Crippen molar-refractivity contribution in [3.8, 4) is 5.75 Å². The molecule has 0 atom stereocenters. The first-order valence-electron chi connectivity index (χ1n) is 3.37. The van der Waals surface area contributed by atoms with E-state index in [1.165, 1.54) is 0 Å². The first kappa shape index (κ1) is 11.5. The van der Waals surface area contributed by atoms with Crippen LogP contribution in [-0.2, 0) is 6.18 Å². The van der Waals surface area contributed by atoms with Crippen LogP contribution >= 0.6 is 22.6 Å². The van der Waals surface area contributed by atoms with Gasteiger partial charge in [0, 0.05) is 6.20 Å². The number of hydrogen-bond acceptors (Lipinski definition) is 2. The van der Waals surface area contributed by atoms with Crippen LogP contribution in [0.4, 0.5) is 17.6 Å². The van der Waals surface area contributed by atoms with Gasteiger partial charge in [-0.05, 0) is 28.7 Å². The van der Waals surface area contributed by atoms with Crippen molar-refractivity contribution in [3.63, 3.8) is 0 Å². The van der Waals surface area contributed by atoms with Crippen molar-refractivity contribution < 1.29 is 22.3 Å². The molecule has 1 heterocycles.